The number of hydrogen-bond donors (Lipinski definition) is 1. The van der Waals surface area contributed by atoms with Crippen LogP contribution in [0.15, 0.2) is 18.2 Å². The van der Waals surface area contributed by atoms with Crippen LogP contribution in [0.2, 0.25) is 0 Å². The normalized spacial score (nSPS) is 16.5. The van der Waals surface area contributed by atoms with Gasteiger partial charge in [0.05, 0.1) is 5.56 Å². The standard InChI is InChI=1S/C18H24FN3O2/c1-18(2,3)24-17(23)21-15-6-8-22(9-7-15)12-13-4-5-16(19)14(10-13)11-20/h4-5,10,15H,6-9,12H2,1-3H3,(H,21,23). The van der Waals surface area contributed by atoms with Gasteiger partial charge in [-0.15, -0.1) is 0 Å². The lowest BCUT2D eigenvalue weighted by molar-refractivity contribution is 0.0477. The fourth-order valence-electron chi connectivity index (χ4n) is 2.72. The highest BCUT2D eigenvalue weighted by molar-refractivity contribution is 5.68. The van der Waals surface area contributed by atoms with Gasteiger partial charge in [0.1, 0.15) is 17.5 Å². The summed E-state index contributed by atoms with van der Waals surface area (Å²) < 4.78 is 18.6. The summed E-state index contributed by atoms with van der Waals surface area (Å²) in [6.07, 6.45) is 1.30. The van der Waals surface area contributed by atoms with E-state index in [-0.39, 0.29) is 17.7 Å². The molecule has 1 aliphatic heterocycles. The Morgan fingerprint density at radius 2 is 2.08 bits per heavy atom. The second-order valence-corrected chi connectivity index (χ2v) is 7.12. The highest BCUT2D eigenvalue weighted by Gasteiger charge is 2.23. The molecule has 0 spiro atoms. The summed E-state index contributed by atoms with van der Waals surface area (Å²) in [5.41, 5.74) is 0.506. The minimum Gasteiger partial charge on any atom is -0.444 e. The van der Waals surface area contributed by atoms with Crippen molar-refractivity contribution in [3.05, 3.63) is 35.1 Å². The lowest BCUT2D eigenvalue weighted by atomic mass is 10.0. The molecule has 1 saturated heterocycles. The highest BCUT2D eigenvalue weighted by atomic mass is 19.1. The van der Waals surface area contributed by atoms with E-state index in [1.807, 2.05) is 26.8 Å². The van der Waals surface area contributed by atoms with Crippen molar-refractivity contribution in [3.63, 3.8) is 0 Å². The number of piperidine rings is 1. The molecule has 1 aliphatic rings. The molecule has 1 N–H and O–H groups in total. The first kappa shape index (κ1) is 18.2. The molecule has 1 amide bonds. The van der Waals surface area contributed by atoms with E-state index in [0.717, 1.165) is 31.5 Å². The number of nitrogens with zero attached hydrogens (tertiary/aromatic N) is 2. The van der Waals surface area contributed by atoms with E-state index < -0.39 is 11.4 Å². The Hall–Kier alpha value is -2.13. The van der Waals surface area contributed by atoms with E-state index in [4.69, 9.17) is 10.00 Å². The molecular weight excluding hydrogens is 309 g/mol. The maximum Gasteiger partial charge on any atom is 0.407 e. The van der Waals surface area contributed by atoms with Crippen LogP contribution in [0.4, 0.5) is 9.18 Å². The predicted molar refractivity (Wildman–Crippen MR) is 88.8 cm³/mol. The third-order valence-corrected chi connectivity index (χ3v) is 3.87. The summed E-state index contributed by atoms with van der Waals surface area (Å²) in [7, 11) is 0. The quantitative estimate of drug-likeness (QED) is 0.922. The fourth-order valence-corrected chi connectivity index (χ4v) is 2.72. The van der Waals surface area contributed by atoms with Crippen LogP contribution in [0.5, 0.6) is 0 Å². The van der Waals surface area contributed by atoms with E-state index in [9.17, 15) is 9.18 Å². The van der Waals surface area contributed by atoms with Gasteiger partial charge in [0, 0.05) is 25.7 Å². The summed E-state index contributed by atoms with van der Waals surface area (Å²) in [5.74, 6) is -0.485. The number of ether oxygens (including phenoxy) is 1. The first-order valence-corrected chi connectivity index (χ1v) is 8.17. The van der Waals surface area contributed by atoms with Crippen molar-refractivity contribution in [2.24, 2.45) is 0 Å². The molecule has 0 aliphatic carbocycles. The van der Waals surface area contributed by atoms with E-state index in [1.165, 1.54) is 6.07 Å². The van der Waals surface area contributed by atoms with Crippen molar-refractivity contribution in [1.29, 1.82) is 5.26 Å². The number of benzene rings is 1. The Kier molecular flexibility index (Phi) is 5.79. The lowest BCUT2D eigenvalue weighted by Gasteiger charge is -2.32. The maximum atomic E-state index is 13.4. The van der Waals surface area contributed by atoms with Crippen LogP contribution in [0.3, 0.4) is 0 Å². The van der Waals surface area contributed by atoms with Gasteiger partial charge in [0.25, 0.3) is 0 Å². The van der Waals surface area contributed by atoms with E-state index in [2.05, 4.69) is 10.2 Å². The average molecular weight is 333 g/mol. The summed E-state index contributed by atoms with van der Waals surface area (Å²) in [4.78, 5) is 14.0. The summed E-state index contributed by atoms with van der Waals surface area (Å²) in [5, 5.41) is 11.8. The zero-order valence-electron chi connectivity index (χ0n) is 14.4. The number of amides is 1. The second kappa shape index (κ2) is 7.63. The molecule has 0 unspecified atom stereocenters. The molecule has 0 bridgehead atoms. The van der Waals surface area contributed by atoms with Gasteiger partial charge in [-0.25, -0.2) is 9.18 Å². The van der Waals surface area contributed by atoms with E-state index in [0.29, 0.717) is 6.54 Å². The number of alkyl carbamates (subject to hydrolysis) is 1. The van der Waals surface area contributed by atoms with E-state index in [1.54, 1.807) is 12.1 Å². The largest absolute Gasteiger partial charge is 0.444 e. The zero-order chi connectivity index (χ0) is 17.7. The molecule has 1 aromatic carbocycles. The van der Waals surface area contributed by atoms with Gasteiger partial charge < -0.3 is 10.1 Å². The summed E-state index contributed by atoms with van der Waals surface area (Å²) in [6.45, 7) is 7.86. The van der Waals surface area contributed by atoms with Gasteiger partial charge in [-0.3, -0.25) is 4.90 Å². The van der Waals surface area contributed by atoms with Gasteiger partial charge in [0.15, 0.2) is 0 Å². The Morgan fingerprint density at radius 3 is 2.67 bits per heavy atom. The molecule has 6 heteroatoms. The van der Waals surface area contributed by atoms with Gasteiger partial charge >= 0.3 is 6.09 Å². The predicted octanol–water partition coefficient (Wildman–Crippen LogP) is 3.19. The molecule has 0 atom stereocenters. The van der Waals surface area contributed by atoms with Crippen LogP contribution >= 0.6 is 0 Å². The molecule has 0 aromatic heterocycles. The third-order valence-electron chi connectivity index (χ3n) is 3.87. The Balaban J connectivity index is 1.81. The van der Waals surface area contributed by atoms with Crippen molar-refractivity contribution in [1.82, 2.24) is 10.2 Å². The van der Waals surface area contributed by atoms with Crippen molar-refractivity contribution < 1.29 is 13.9 Å². The van der Waals surface area contributed by atoms with Gasteiger partial charge in [0.2, 0.25) is 0 Å². The fraction of sp³-hybridized carbons (Fsp3) is 0.556. The molecule has 0 saturated carbocycles. The Bertz CT molecular complexity index is 626. The van der Waals surface area contributed by atoms with E-state index >= 15 is 0 Å². The minimum atomic E-state index is -0.494. The first-order chi connectivity index (χ1) is 11.3. The number of nitrogens with one attached hydrogen (secondary N) is 1. The molecule has 0 radical (unpaired) electrons. The minimum absolute atomic E-state index is 0.0778. The topological polar surface area (TPSA) is 65.4 Å². The van der Waals surface area contributed by atoms with Crippen LogP contribution < -0.4 is 5.32 Å². The number of nitriles is 1. The van der Waals surface area contributed by atoms with Crippen LogP contribution in [-0.4, -0.2) is 35.7 Å². The van der Waals surface area contributed by atoms with Gasteiger partial charge in [-0.1, -0.05) is 6.07 Å². The molecular formula is C18H24FN3O2. The lowest BCUT2D eigenvalue weighted by Crippen LogP contribution is -2.45. The molecule has 1 heterocycles. The number of carbonyl (C=O) groups is 1. The molecule has 1 aromatic rings. The smallest absolute Gasteiger partial charge is 0.407 e. The number of rotatable bonds is 3. The SMILES string of the molecule is CC(C)(C)OC(=O)NC1CCN(Cc2ccc(F)c(C#N)c2)CC1. The third kappa shape index (κ3) is 5.50. The number of halogens is 1. The second-order valence-electron chi connectivity index (χ2n) is 7.12. The molecule has 130 valence electrons. The monoisotopic (exact) mass is 333 g/mol. The van der Waals surface area contributed by atoms with Crippen molar-refractivity contribution in [3.8, 4) is 6.07 Å². The summed E-state index contributed by atoms with van der Waals surface area (Å²) in [6, 6.07) is 6.62. The van der Waals surface area contributed by atoms with Crippen LogP contribution in [0.1, 0.15) is 44.7 Å². The highest BCUT2D eigenvalue weighted by Crippen LogP contribution is 2.17. The first-order valence-electron chi connectivity index (χ1n) is 8.17. The van der Waals surface area contributed by atoms with Crippen LogP contribution in [0, 0.1) is 17.1 Å². The Morgan fingerprint density at radius 1 is 1.42 bits per heavy atom. The molecule has 1 fully saturated rings. The molecule has 2 rings (SSSR count). The van der Waals surface area contributed by atoms with Gasteiger partial charge in [-0.2, -0.15) is 5.26 Å². The van der Waals surface area contributed by atoms with Crippen LogP contribution in [0.25, 0.3) is 0 Å². The Labute approximate surface area is 142 Å². The van der Waals surface area contributed by atoms with Crippen molar-refractivity contribution in [2.45, 2.75) is 51.8 Å². The van der Waals surface area contributed by atoms with Gasteiger partial charge in [-0.05, 0) is 51.3 Å². The molecule has 5 nitrogen and oxygen atoms in total. The number of hydrogen-bond acceptors (Lipinski definition) is 4. The zero-order valence-corrected chi connectivity index (χ0v) is 14.4. The van der Waals surface area contributed by atoms with Crippen molar-refractivity contribution in [2.75, 3.05) is 13.1 Å². The maximum absolute atomic E-state index is 13.4. The summed E-state index contributed by atoms with van der Waals surface area (Å²) >= 11 is 0. The average Bonchev–Trinajstić information content (AvgIpc) is 2.49. The number of carbonyl (C=O) groups excluding carboxylic acids is 1. The van der Waals surface area contributed by atoms with Crippen molar-refractivity contribution >= 4 is 6.09 Å². The number of likely N-dealkylation sites (tertiary alicyclic amines) is 1. The van der Waals surface area contributed by atoms with Crippen LogP contribution in [-0.2, 0) is 11.3 Å². The molecule has 24 heavy (non-hydrogen) atoms.